The van der Waals surface area contributed by atoms with Gasteiger partial charge in [-0.15, -0.1) is 0 Å². The van der Waals surface area contributed by atoms with E-state index in [1.807, 2.05) is 20.8 Å². The van der Waals surface area contributed by atoms with Gasteiger partial charge in [-0.3, -0.25) is 4.79 Å². The molecule has 0 radical (unpaired) electrons. The van der Waals surface area contributed by atoms with Crippen molar-refractivity contribution in [1.29, 1.82) is 0 Å². The van der Waals surface area contributed by atoms with Crippen molar-refractivity contribution in [1.82, 2.24) is 15.0 Å². The number of hydrogen-bond acceptors (Lipinski definition) is 7. The third-order valence-corrected chi connectivity index (χ3v) is 5.92. The van der Waals surface area contributed by atoms with Crippen molar-refractivity contribution in [3.8, 4) is 0 Å². The highest BCUT2D eigenvalue weighted by Crippen LogP contribution is 2.31. The molecular weight excluding hydrogens is 398 g/mol. The van der Waals surface area contributed by atoms with Crippen LogP contribution in [-0.2, 0) is 14.3 Å². The number of unbranched alkanes of at least 4 members (excludes halogenated alkanes) is 1. The number of hydrogen-bond donors (Lipinski definition) is 0. The molecule has 1 unspecified atom stereocenters. The summed E-state index contributed by atoms with van der Waals surface area (Å²) in [5.74, 6) is 2.03. The topological polar surface area (TPSA) is 94.8 Å². The zero-order chi connectivity index (χ0) is 22.4. The van der Waals surface area contributed by atoms with Gasteiger partial charge in [0.1, 0.15) is 11.4 Å². The molecule has 8 nitrogen and oxygen atoms in total. The number of aromatic nitrogens is 2. The number of nitrogens with zero attached hydrogens (tertiary/aromatic N) is 3. The maximum absolute atomic E-state index is 12.5. The summed E-state index contributed by atoms with van der Waals surface area (Å²) in [6.07, 6.45) is 5.28. The first kappa shape index (κ1) is 23.7. The largest absolute Gasteiger partial charge is 0.444 e. The van der Waals surface area contributed by atoms with E-state index in [1.54, 1.807) is 4.90 Å². The van der Waals surface area contributed by atoms with Crippen LogP contribution in [-0.4, -0.2) is 58.8 Å². The minimum atomic E-state index is -0.493. The highest BCUT2D eigenvalue weighted by atomic mass is 16.6. The van der Waals surface area contributed by atoms with Gasteiger partial charge in [0.2, 0.25) is 5.89 Å². The van der Waals surface area contributed by atoms with Crippen LogP contribution in [0.2, 0.25) is 0 Å². The minimum absolute atomic E-state index is 0.0171. The zero-order valence-electron chi connectivity index (χ0n) is 19.4. The summed E-state index contributed by atoms with van der Waals surface area (Å²) in [6, 6.07) is 0. The Morgan fingerprint density at radius 3 is 2.52 bits per heavy atom. The van der Waals surface area contributed by atoms with E-state index in [1.165, 1.54) is 0 Å². The van der Waals surface area contributed by atoms with Gasteiger partial charge in [0.25, 0.3) is 0 Å². The van der Waals surface area contributed by atoms with E-state index in [0.717, 1.165) is 32.1 Å². The van der Waals surface area contributed by atoms with E-state index in [0.29, 0.717) is 56.8 Å². The Hall–Kier alpha value is -1.96. The number of amides is 1. The second kappa shape index (κ2) is 10.6. The Balaban J connectivity index is 1.55. The zero-order valence-corrected chi connectivity index (χ0v) is 19.4. The van der Waals surface area contributed by atoms with Crippen LogP contribution in [0.25, 0.3) is 0 Å². The van der Waals surface area contributed by atoms with E-state index < -0.39 is 5.60 Å². The van der Waals surface area contributed by atoms with Crippen LogP contribution in [0.15, 0.2) is 4.52 Å². The predicted octanol–water partition coefficient (Wildman–Crippen LogP) is 4.45. The molecule has 0 aromatic carbocycles. The number of Topliss-reactive ketones (excluding diaryl/α,β-unsaturated/α-hetero) is 1. The van der Waals surface area contributed by atoms with Crippen molar-refractivity contribution in [3.05, 3.63) is 11.7 Å². The summed E-state index contributed by atoms with van der Waals surface area (Å²) < 4.78 is 16.3. The maximum Gasteiger partial charge on any atom is 0.410 e. The van der Waals surface area contributed by atoms with Crippen molar-refractivity contribution >= 4 is 11.9 Å². The first-order chi connectivity index (χ1) is 14.7. The van der Waals surface area contributed by atoms with E-state index in [4.69, 9.17) is 19.0 Å². The van der Waals surface area contributed by atoms with Crippen LogP contribution in [0.4, 0.5) is 4.79 Å². The molecule has 2 aliphatic heterocycles. The lowest BCUT2D eigenvalue weighted by atomic mass is 9.91. The molecule has 0 N–H and O–H groups in total. The van der Waals surface area contributed by atoms with Gasteiger partial charge in [-0.25, -0.2) is 4.79 Å². The molecule has 0 bridgehead atoms. The first-order valence-corrected chi connectivity index (χ1v) is 11.7. The number of carbonyl (C=O) groups excluding carboxylic acids is 2. The van der Waals surface area contributed by atoms with Gasteiger partial charge in [0.15, 0.2) is 5.82 Å². The fourth-order valence-electron chi connectivity index (χ4n) is 4.07. The number of likely N-dealkylation sites (tertiary alicyclic amines) is 1. The predicted molar refractivity (Wildman–Crippen MR) is 115 cm³/mol. The van der Waals surface area contributed by atoms with Gasteiger partial charge in [0.05, 0.1) is 13.2 Å². The van der Waals surface area contributed by atoms with Gasteiger partial charge in [-0.2, -0.15) is 4.98 Å². The summed E-state index contributed by atoms with van der Waals surface area (Å²) in [5.41, 5.74) is -0.493. The standard InChI is InChI=1S/C23H37N3O5/c1-5-6-7-18(13-19(27)12-16-14-29-15-16)21-24-20(25-31-21)17-8-10-26(11-9-17)22(28)30-23(2,3)4/h16-18H,5-15H2,1-4H3. The molecule has 0 saturated carbocycles. The van der Waals surface area contributed by atoms with Crippen LogP contribution in [0.5, 0.6) is 0 Å². The quantitative estimate of drug-likeness (QED) is 0.565. The molecule has 1 aromatic rings. The van der Waals surface area contributed by atoms with Crippen molar-refractivity contribution in [2.75, 3.05) is 26.3 Å². The van der Waals surface area contributed by atoms with Crippen molar-refractivity contribution in [2.24, 2.45) is 5.92 Å². The second-order valence-electron chi connectivity index (χ2n) is 9.92. The van der Waals surface area contributed by atoms with Crippen molar-refractivity contribution in [3.63, 3.8) is 0 Å². The van der Waals surface area contributed by atoms with Gasteiger partial charge in [0, 0.05) is 43.7 Å². The molecule has 1 atom stereocenters. The van der Waals surface area contributed by atoms with E-state index in [-0.39, 0.29) is 23.7 Å². The Bertz CT molecular complexity index is 730. The van der Waals surface area contributed by atoms with E-state index >= 15 is 0 Å². The molecule has 2 fully saturated rings. The number of ketones is 1. The summed E-state index contributed by atoms with van der Waals surface area (Å²) in [5, 5.41) is 4.24. The molecule has 0 spiro atoms. The molecule has 2 saturated heterocycles. The van der Waals surface area contributed by atoms with Gasteiger partial charge in [-0.05, 0) is 40.0 Å². The molecular formula is C23H37N3O5. The average Bonchev–Trinajstić information content (AvgIpc) is 3.17. The SMILES string of the molecule is CCCCC(CC(=O)CC1COC1)c1nc(C2CCN(C(=O)OC(C)(C)C)CC2)no1. The molecule has 3 rings (SSSR count). The van der Waals surface area contributed by atoms with Gasteiger partial charge in [-0.1, -0.05) is 24.9 Å². The molecule has 8 heteroatoms. The maximum atomic E-state index is 12.5. The highest BCUT2D eigenvalue weighted by Gasteiger charge is 2.31. The lowest BCUT2D eigenvalue weighted by Gasteiger charge is -2.32. The van der Waals surface area contributed by atoms with Gasteiger partial charge >= 0.3 is 6.09 Å². The fourth-order valence-corrected chi connectivity index (χ4v) is 4.07. The van der Waals surface area contributed by atoms with Crippen LogP contribution in [0.3, 0.4) is 0 Å². The number of carbonyl (C=O) groups is 2. The van der Waals surface area contributed by atoms with Crippen LogP contribution >= 0.6 is 0 Å². The number of piperidine rings is 1. The second-order valence-corrected chi connectivity index (χ2v) is 9.92. The molecule has 2 aliphatic rings. The molecule has 174 valence electrons. The lowest BCUT2D eigenvalue weighted by molar-refractivity contribution is -0.125. The molecule has 1 aromatic heterocycles. The fraction of sp³-hybridized carbons (Fsp3) is 0.826. The highest BCUT2D eigenvalue weighted by molar-refractivity contribution is 5.79. The van der Waals surface area contributed by atoms with Crippen molar-refractivity contribution < 1.29 is 23.6 Å². The first-order valence-electron chi connectivity index (χ1n) is 11.7. The monoisotopic (exact) mass is 435 g/mol. The molecule has 0 aliphatic carbocycles. The molecule has 3 heterocycles. The van der Waals surface area contributed by atoms with Gasteiger partial charge < -0.3 is 18.9 Å². The Morgan fingerprint density at radius 2 is 1.94 bits per heavy atom. The smallest absolute Gasteiger partial charge is 0.410 e. The minimum Gasteiger partial charge on any atom is -0.444 e. The summed E-state index contributed by atoms with van der Waals surface area (Å²) in [6.45, 7) is 10.4. The van der Waals surface area contributed by atoms with E-state index in [9.17, 15) is 9.59 Å². The lowest BCUT2D eigenvalue weighted by Crippen LogP contribution is -2.41. The third-order valence-electron chi connectivity index (χ3n) is 5.92. The normalized spacial score (nSPS) is 19.2. The Morgan fingerprint density at radius 1 is 1.23 bits per heavy atom. The molecule has 31 heavy (non-hydrogen) atoms. The summed E-state index contributed by atoms with van der Waals surface area (Å²) in [4.78, 5) is 31.2. The van der Waals surface area contributed by atoms with E-state index in [2.05, 4.69) is 12.1 Å². The summed E-state index contributed by atoms with van der Waals surface area (Å²) >= 11 is 0. The Kier molecular flexibility index (Phi) is 8.08. The molecule has 1 amide bonds. The van der Waals surface area contributed by atoms with Crippen LogP contribution < -0.4 is 0 Å². The van der Waals surface area contributed by atoms with Crippen molar-refractivity contribution in [2.45, 2.75) is 90.1 Å². The number of rotatable bonds is 9. The third kappa shape index (κ3) is 7.02. The number of ether oxygens (including phenoxy) is 2. The summed E-state index contributed by atoms with van der Waals surface area (Å²) in [7, 11) is 0. The Labute approximate surface area is 185 Å². The van der Waals surface area contributed by atoms with Crippen LogP contribution in [0, 0.1) is 5.92 Å². The van der Waals surface area contributed by atoms with Crippen LogP contribution in [0.1, 0.15) is 96.2 Å². The average molecular weight is 436 g/mol.